The van der Waals surface area contributed by atoms with Crippen LogP contribution in [0.5, 0.6) is 0 Å². The molecule has 0 bridgehead atoms. The summed E-state index contributed by atoms with van der Waals surface area (Å²) in [7, 11) is 5.14. The molecule has 0 spiro atoms. The van der Waals surface area contributed by atoms with Crippen LogP contribution in [0.15, 0.2) is 4.42 Å². The number of likely N-dealkylation sites (N-methyl/N-ethyl adjacent to an activating group) is 1. The number of rotatable bonds is 7. The predicted octanol–water partition coefficient (Wildman–Crippen LogP) is -0.206. The second-order valence-electron chi connectivity index (χ2n) is 3.92. The van der Waals surface area contributed by atoms with Gasteiger partial charge in [0.15, 0.2) is 0 Å². The van der Waals surface area contributed by atoms with Crippen molar-refractivity contribution < 1.29 is 14.3 Å². The van der Waals surface area contributed by atoms with Crippen LogP contribution in [0.4, 0.5) is 6.01 Å². The van der Waals surface area contributed by atoms with Crippen LogP contribution < -0.4 is 10.2 Å². The highest BCUT2D eigenvalue weighted by Gasteiger charge is 2.16. The van der Waals surface area contributed by atoms with Gasteiger partial charge in [0.1, 0.15) is 0 Å². The van der Waals surface area contributed by atoms with E-state index in [-0.39, 0.29) is 12.6 Å². The van der Waals surface area contributed by atoms with Crippen LogP contribution in [-0.4, -0.2) is 55.8 Å². The van der Waals surface area contributed by atoms with Gasteiger partial charge in [0.25, 0.3) is 0 Å². The van der Waals surface area contributed by atoms with Crippen LogP contribution in [0.3, 0.4) is 0 Å². The molecule has 0 saturated heterocycles. The van der Waals surface area contributed by atoms with Gasteiger partial charge in [-0.1, -0.05) is 5.10 Å². The Balaban J connectivity index is 2.57. The molecule has 98 valence electrons. The molecule has 2 unspecified atom stereocenters. The van der Waals surface area contributed by atoms with E-state index in [2.05, 4.69) is 15.5 Å². The van der Waals surface area contributed by atoms with E-state index in [9.17, 15) is 5.11 Å². The molecule has 0 saturated carbocycles. The largest absolute Gasteiger partial charge is 0.406 e. The Morgan fingerprint density at radius 3 is 2.82 bits per heavy atom. The van der Waals surface area contributed by atoms with Gasteiger partial charge in [-0.2, -0.15) is 0 Å². The maximum absolute atomic E-state index is 9.57. The number of ether oxygens (including phenoxy) is 1. The molecule has 0 aliphatic heterocycles. The molecule has 1 rings (SSSR count). The van der Waals surface area contributed by atoms with Crippen molar-refractivity contribution >= 4 is 6.01 Å². The summed E-state index contributed by atoms with van der Waals surface area (Å²) in [6.45, 7) is 2.58. The lowest BCUT2D eigenvalue weighted by Gasteiger charge is -2.17. The fourth-order valence-corrected chi connectivity index (χ4v) is 1.32. The van der Waals surface area contributed by atoms with Crippen molar-refractivity contribution in [3.8, 4) is 0 Å². The molecule has 17 heavy (non-hydrogen) atoms. The van der Waals surface area contributed by atoms with Crippen molar-refractivity contribution in [3.05, 3.63) is 5.89 Å². The van der Waals surface area contributed by atoms with Gasteiger partial charge in [-0.15, -0.1) is 5.10 Å². The average Bonchev–Trinajstić information content (AvgIpc) is 2.77. The molecule has 0 aliphatic carbocycles. The van der Waals surface area contributed by atoms with Crippen molar-refractivity contribution in [3.63, 3.8) is 0 Å². The summed E-state index contributed by atoms with van der Waals surface area (Å²) >= 11 is 0. The zero-order valence-electron chi connectivity index (χ0n) is 10.7. The number of nitrogens with one attached hydrogen (secondary N) is 1. The Morgan fingerprint density at radius 2 is 2.24 bits per heavy atom. The van der Waals surface area contributed by atoms with Crippen LogP contribution in [0.25, 0.3) is 0 Å². The zero-order valence-corrected chi connectivity index (χ0v) is 10.7. The lowest BCUT2D eigenvalue weighted by molar-refractivity contribution is 0.0689. The van der Waals surface area contributed by atoms with Gasteiger partial charge in [-0.25, -0.2) is 0 Å². The van der Waals surface area contributed by atoms with Crippen LogP contribution in [-0.2, 0) is 4.74 Å². The van der Waals surface area contributed by atoms with Crippen LogP contribution >= 0.6 is 0 Å². The van der Waals surface area contributed by atoms with Crippen molar-refractivity contribution in [1.29, 1.82) is 0 Å². The molecule has 0 aromatic carbocycles. The Morgan fingerprint density at radius 1 is 1.53 bits per heavy atom. The second kappa shape index (κ2) is 6.53. The van der Waals surface area contributed by atoms with E-state index in [0.29, 0.717) is 18.5 Å². The lowest BCUT2D eigenvalue weighted by Crippen LogP contribution is -2.32. The summed E-state index contributed by atoms with van der Waals surface area (Å²) in [5.41, 5.74) is 0. The predicted molar refractivity (Wildman–Crippen MR) is 62.9 cm³/mol. The maximum Gasteiger partial charge on any atom is 0.318 e. The van der Waals surface area contributed by atoms with Gasteiger partial charge in [0, 0.05) is 14.2 Å². The van der Waals surface area contributed by atoms with Gasteiger partial charge in [0.05, 0.1) is 25.3 Å². The summed E-state index contributed by atoms with van der Waals surface area (Å²) in [5.74, 6) is 0.524. The fourth-order valence-electron chi connectivity index (χ4n) is 1.32. The van der Waals surface area contributed by atoms with Gasteiger partial charge in [-0.05, 0) is 14.0 Å². The van der Waals surface area contributed by atoms with Crippen LogP contribution in [0, 0.1) is 0 Å². The molecule has 0 amide bonds. The van der Waals surface area contributed by atoms with E-state index in [1.807, 2.05) is 14.0 Å². The maximum atomic E-state index is 9.57. The highest BCUT2D eigenvalue weighted by Crippen LogP contribution is 2.15. The number of aliphatic hydroxyl groups excluding tert-OH is 1. The minimum absolute atomic E-state index is 0.00792. The molecule has 7 heteroatoms. The third kappa shape index (κ3) is 3.95. The molecule has 7 nitrogen and oxygen atoms in total. The fraction of sp³-hybridized carbons (Fsp3) is 0.800. The molecule has 0 aliphatic rings. The van der Waals surface area contributed by atoms with Crippen molar-refractivity contribution in [1.82, 2.24) is 15.5 Å². The molecular formula is C10H20N4O3. The first-order chi connectivity index (χ1) is 8.08. The van der Waals surface area contributed by atoms with E-state index >= 15 is 0 Å². The summed E-state index contributed by atoms with van der Waals surface area (Å²) in [6, 6.07) is 0.394. The molecule has 1 aromatic rings. The van der Waals surface area contributed by atoms with Crippen LogP contribution in [0.2, 0.25) is 0 Å². The molecule has 1 heterocycles. The average molecular weight is 244 g/mol. The minimum atomic E-state index is -0.581. The minimum Gasteiger partial charge on any atom is -0.406 e. The third-order valence-electron chi connectivity index (χ3n) is 2.40. The molecule has 0 fully saturated rings. The Hall–Kier alpha value is -1.18. The highest BCUT2D eigenvalue weighted by atomic mass is 16.5. The van der Waals surface area contributed by atoms with Crippen molar-refractivity contribution in [2.24, 2.45) is 0 Å². The number of aliphatic hydroxyl groups is 1. The van der Waals surface area contributed by atoms with E-state index < -0.39 is 6.10 Å². The molecule has 0 radical (unpaired) electrons. The number of hydrogen-bond donors (Lipinski definition) is 2. The van der Waals surface area contributed by atoms with Gasteiger partial charge < -0.3 is 24.5 Å². The summed E-state index contributed by atoms with van der Waals surface area (Å²) in [6.07, 6.45) is -0.581. The molecule has 2 N–H and O–H groups in total. The normalized spacial score (nSPS) is 14.6. The van der Waals surface area contributed by atoms with E-state index in [1.165, 1.54) is 0 Å². The number of methoxy groups -OCH3 is 1. The standard InChI is InChI=1S/C10H20N4O3/c1-7(11-2)9-12-13-10(17-9)14(3)5-8(15)6-16-4/h7-8,11,15H,5-6H2,1-4H3. The SMILES string of the molecule is CNC(C)c1nnc(N(C)CC(O)COC)o1. The Bertz CT molecular complexity index is 331. The summed E-state index contributed by atoms with van der Waals surface area (Å²) in [4.78, 5) is 1.70. The van der Waals surface area contributed by atoms with E-state index in [1.54, 1.807) is 19.1 Å². The summed E-state index contributed by atoms with van der Waals surface area (Å²) in [5, 5.41) is 20.4. The zero-order chi connectivity index (χ0) is 12.8. The van der Waals surface area contributed by atoms with E-state index in [0.717, 1.165) is 0 Å². The highest BCUT2D eigenvalue weighted by molar-refractivity contribution is 5.22. The lowest BCUT2D eigenvalue weighted by atomic mass is 10.3. The molecular weight excluding hydrogens is 224 g/mol. The third-order valence-corrected chi connectivity index (χ3v) is 2.40. The number of aromatic nitrogens is 2. The molecule has 2 atom stereocenters. The van der Waals surface area contributed by atoms with Gasteiger partial charge >= 0.3 is 6.01 Å². The number of anilines is 1. The molecule has 1 aromatic heterocycles. The first-order valence-electron chi connectivity index (χ1n) is 5.47. The van der Waals surface area contributed by atoms with Crippen molar-refractivity contribution in [2.45, 2.75) is 19.1 Å². The first-order valence-corrected chi connectivity index (χ1v) is 5.47. The van der Waals surface area contributed by atoms with Gasteiger partial charge in [-0.3, -0.25) is 0 Å². The quantitative estimate of drug-likeness (QED) is 0.686. The first kappa shape index (κ1) is 13.9. The Labute approximate surface area is 101 Å². The van der Waals surface area contributed by atoms with Crippen molar-refractivity contribution in [2.75, 3.05) is 39.3 Å². The van der Waals surface area contributed by atoms with Crippen LogP contribution in [0.1, 0.15) is 18.9 Å². The number of hydrogen-bond acceptors (Lipinski definition) is 7. The smallest absolute Gasteiger partial charge is 0.318 e. The Kier molecular flexibility index (Phi) is 5.33. The summed E-state index contributed by atoms with van der Waals surface area (Å²) < 4.78 is 10.3. The monoisotopic (exact) mass is 244 g/mol. The van der Waals surface area contributed by atoms with E-state index in [4.69, 9.17) is 9.15 Å². The second-order valence-corrected chi connectivity index (χ2v) is 3.92. The topological polar surface area (TPSA) is 83.7 Å². The van der Waals surface area contributed by atoms with Gasteiger partial charge in [0.2, 0.25) is 5.89 Å². The number of nitrogens with zero attached hydrogens (tertiary/aromatic N) is 3.